The highest BCUT2D eigenvalue weighted by Crippen LogP contribution is 2.25. The van der Waals surface area contributed by atoms with Crippen LogP contribution in [0.5, 0.6) is 5.75 Å². The first-order chi connectivity index (χ1) is 8.21. The molecular formula is C10H14N2O5S. The Morgan fingerprint density at radius 2 is 1.94 bits per heavy atom. The Morgan fingerprint density at radius 1 is 1.33 bits per heavy atom. The van der Waals surface area contributed by atoms with Gasteiger partial charge in [-0.1, -0.05) is 0 Å². The standard InChI is InChI=1S/C10H14N2O5S/c1-6(2)11-18(16,17)12-8-4-3-7(10(14)15)5-9(8)13/h3-6,11-13H,1-2H3,(H,14,15). The van der Waals surface area contributed by atoms with Crippen LogP contribution < -0.4 is 9.44 Å². The summed E-state index contributed by atoms with van der Waals surface area (Å²) >= 11 is 0. The lowest BCUT2D eigenvalue weighted by Crippen LogP contribution is -2.35. The minimum atomic E-state index is -3.80. The van der Waals surface area contributed by atoms with Crippen molar-refractivity contribution >= 4 is 21.9 Å². The smallest absolute Gasteiger partial charge is 0.335 e. The minimum absolute atomic E-state index is 0.0897. The molecule has 0 radical (unpaired) electrons. The molecule has 0 aromatic heterocycles. The van der Waals surface area contributed by atoms with Crippen LogP contribution in [0, 0.1) is 0 Å². The fraction of sp³-hybridized carbons (Fsp3) is 0.300. The molecule has 0 spiro atoms. The number of benzene rings is 1. The maximum absolute atomic E-state index is 11.5. The topological polar surface area (TPSA) is 116 Å². The number of nitrogens with one attached hydrogen (secondary N) is 2. The van der Waals surface area contributed by atoms with Gasteiger partial charge in [-0.3, -0.25) is 4.72 Å². The minimum Gasteiger partial charge on any atom is -0.506 e. The highest BCUT2D eigenvalue weighted by Gasteiger charge is 2.15. The van der Waals surface area contributed by atoms with Crippen molar-refractivity contribution in [3.05, 3.63) is 23.8 Å². The van der Waals surface area contributed by atoms with Gasteiger partial charge in [0.1, 0.15) is 5.75 Å². The quantitative estimate of drug-likeness (QED) is 0.591. The Kier molecular flexibility index (Phi) is 4.15. The summed E-state index contributed by atoms with van der Waals surface area (Å²) in [5.74, 6) is -1.66. The number of aromatic carboxylic acids is 1. The summed E-state index contributed by atoms with van der Waals surface area (Å²) in [4.78, 5) is 10.6. The van der Waals surface area contributed by atoms with Crippen molar-refractivity contribution in [1.29, 1.82) is 0 Å². The fourth-order valence-electron chi connectivity index (χ4n) is 1.24. The molecule has 100 valence electrons. The molecule has 0 saturated heterocycles. The van der Waals surface area contributed by atoms with Crippen LogP contribution >= 0.6 is 0 Å². The Bertz CT molecular complexity index is 553. The number of rotatable bonds is 5. The third-order valence-corrected chi connectivity index (χ3v) is 3.15. The lowest BCUT2D eigenvalue weighted by Gasteiger charge is -2.12. The van der Waals surface area contributed by atoms with Crippen LogP contribution in [0.3, 0.4) is 0 Å². The molecule has 0 heterocycles. The number of phenols is 1. The molecule has 0 bridgehead atoms. The zero-order chi connectivity index (χ0) is 13.9. The molecular weight excluding hydrogens is 260 g/mol. The maximum Gasteiger partial charge on any atom is 0.335 e. The maximum atomic E-state index is 11.5. The molecule has 0 amide bonds. The van der Waals surface area contributed by atoms with E-state index in [1.165, 1.54) is 12.1 Å². The van der Waals surface area contributed by atoms with Gasteiger partial charge in [0, 0.05) is 6.04 Å². The third-order valence-electron chi connectivity index (χ3n) is 1.88. The van der Waals surface area contributed by atoms with Crippen LogP contribution in [0.2, 0.25) is 0 Å². The number of aromatic hydroxyl groups is 1. The zero-order valence-corrected chi connectivity index (χ0v) is 10.7. The van der Waals surface area contributed by atoms with E-state index in [0.29, 0.717) is 0 Å². The molecule has 4 N–H and O–H groups in total. The van der Waals surface area contributed by atoms with Crippen LogP contribution in [0.15, 0.2) is 18.2 Å². The predicted octanol–water partition coefficient (Wildman–Crippen LogP) is 0.745. The van der Waals surface area contributed by atoms with Gasteiger partial charge in [-0.05, 0) is 32.0 Å². The lowest BCUT2D eigenvalue weighted by molar-refractivity contribution is 0.0696. The first kappa shape index (κ1) is 14.3. The number of hydrogen-bond acceptors (Lipinski definition) is 4. The van der Waals surface area contributed by atoms with E-state index in [-0.39, 0.29) is 17.3 Å². The van der Waals surface area contributed by atoms with E-state index in [0.717, 1.165) is 6.07 Å². The molecule has 0 aliphatic carbocycles. The molecule has 0 aliphatic rings. The van der Waals surface area contributed by atoms with Gasteiger partial charge in [0.2, 0.25) is 0 Å². The molecule has 1 aromatic carbocycles. The molecule has 0 saturated carbocycles. The van der Waals surface area contributed by atoms with Crippen molar-refractivity contribution in [2.24, 2.45) is 0 Å². The molecule has 0 fully saturated rings. The lowest BCUT2D eigenvalue weighted by atomic mass is 10.2. The van der Waals surface area contributed by atoms with Gasteiger partial charge >= 0.3 is 5.97 Å². The van der Waals surface area contributed by atoms with Crippen LogP contribution in [0.1, 0.15) is 24.2 Å². The summed E-state index contributed by atoms with van der Waals surface area (Å²) in [5.41, 5.74) is -0.222. The van der Waals surface area contributed by atoms with E-state index in [1.54, 1.807) is 13.8 Å². The molecule has 0 atom stereocenters. The fourth-order valence-corrected chi connectivity index (χ4v) is 2.38. The van der Waals surface area contributed by atoms with E-state index in [9.17, 15) is 18.3 Å². The van der Waals surface area contributed by atoms with Crippen molar-refractivity contribution in [2.75, 3.05) is 4.72 Å². The molecule has 8 heteroatoms. The Balaban J connectivity index is 2.96. The highest BCUT2D eigenvalue weighted by molar-refractivity contribution is 7.90. The molecule has 0 unspecified atom stereocenters. The van der Waals surface area contributed by atoms with Crippen molar-refractivity contribution in [3.63, 3.8) is 0 Å². The van der Waals surface area contributed by atoms with E-state index in [2.05, 4.69) is 9.44 Å². The predicted molar refractivity (Wildman–Crippen MR) is 65.9 cm³/mol. The molecule has 18 heavy (non-hydrogen) atoms. The Morgan fingerprint density at radius 3 is 2.39 bits per heavy atom. The number of anilines is 1. The van der Waals surface area contributed by atoms with Gasteiger partial charge in [-0.15, -0.1) is 0 Å². The number of phenolic OH excluding ortho intramolecular Hbond substituents is 1. The van der Waals surface area contributed by atoms with Gasteiger partial charge in [-0.2, -0.15) is 13.1 Å². The number of carboxylic acid groups (broad SMARTS) is 1. The largest absolute Gasteiger partial charge is 0.506 e. The summed E-state index contributed by atoms with van der Waals surface area (Å²) in [7, 11) is -3.80. The van der Waals surface area contributed by atoms with Crippen LogP contribution in [0.4, 0.5) is 5.69 Å². The van der Waals surface area contributed by atoms with Crippen LogP contribution in [-0.4, -0.2) is 30.6 Å². The Labute approximate surface area is 105 Å². The van der Waals surface area contributed by atoms with Crippen molar-refractivity contribution in [3.8, 4) is 5.75 Å². The normalized spacial score (nSPS) is 11.5. The first-order valence-electron chi connectivity index (χ1n) is 5.07. The number of carbonyl (C=O) groups is 1. The van der Waals surface area contributed by atoms with Gasteiger partial charge in [0.05, 0.1) is 11.3 Å². The molecule has 7 nitrogen and oxygen atoms in total. The molecule has 1 aromatic rings. The summed E-state index contributed by atoms with van der Waals surface area (Å²) in [5, 5.41) is 18.2. The number of carboxylic acids is 1. The second-order valence-electron chi connectivity index (χ2n) is 3.92. The van der Waals surface area contributed by atoms with E-state index >= 15 is 0 Å². The highest BCUT2D eigenvalue weighted by atomic mass is 32.2. The van der Waals surface area contributed by atoms with E-state index in [4.69, 9.17) is 5.11 Å². The SMILES string of the molecule is CC(C)NS(=O)(=O)Nc1ccc(C(=O)O)cc1O. The van der Waals surface area contributed by atoms with Crippen LogP contribution in [-0.2, 0) is 10.2 Å². The summed E-state index contributed by atoms with van der Waals surface area (Å²) in [6, 6.07) is 3.03. The van der Waals surface area contributed by atoms with Crippen molar-refractivity contribution in [1.82, 2.24) is 4.72 Å². The van der Waals surface area contributed by atoms with Crippen molar-refractivity contribution < 1.29 is 23.4 Å². The summed E-state index contributed by atoms with van der Waals surface area (Å²) < 4.78 is 27.4. The van der Waals surface area contributed by atoms with Gasteiger partial charge in [0.15, 0.2) is 0 Å². The molecule has 1 rings (SSSR count). The molecule has 0 aliphatic heterocycles. The van der Waals surface area contributed by atoms with E-state index in [1.807, 2.05) is 0 Å². The van der Waals surface area contributed by atoms with Gasteiger partial charge < -0.3 is 10.2 Å². The Hall–Kier alpha value is -1.80. The second kappa shape index (κ2) is 5.23. The van der Waals surface area contributed by atoms with Crippen LogP contribution in [0.25, 0.3) is 0 Å². The van der Waals surface area contributed by atoms with Gasteiger partial charge in [0.25, 0.3) is 10.2 Å². The average Bonchev–Trinajstić information content (AvgIpc) is 2.18. The zero-order valence-electron chi connectivity index (χ0n) is 9.84. The first-order valence-corrected chi connectivity index (χ1v) is 6.56. The van der Waals surface area contributed by atoms with E-state index < -0.39 is 21.9 Å². The number of hydrogen-bond donors (Lipinski definition) is 4. The second-order valence-corrected chi connectivity index (χ2v) is 5.36. The third kappa shape index (κ3) is 3.90. The van der Waals surface area contributed by atoms with Gasteiger partial charge in [-0.25, -0.2) is 4.79 Å². The monoisotopic (exact) mass is 274 g/mol. The van der Waals surface area contributed by atoms with Crippen molar-refractivity contribution in [2.45, 2.75) is 19.9 Å². The summed E-state index contributed by atoms with van der Waals surface area (Å²) in [6.07, 6.45) is 0. The average molecular weight is 274 g/mol. The summed E-state index contributed by atoms with van der Waals surface area (Å²) in [6.45, 7) is 3.29.